The SMILES string of the molecule is Cc1nn(Cc2ccccc2)c(C)c1CNC(=O)CN1CCN(c2ncc(Cl)cc2Cl)CC1. The molecule has 1 fully saturated rings. The molecule has 0 saturated carbocycles. The third-order valence-electron chi connectivity index (χ3n) is 6.00. The highest BCUT2D eigenvalue weighted by atomic mass is 35.5. The molecule has 1 aliphatic heterocycles. The quantitative estimate of drug-likeness (QED) is 0.551. The van der Waals surface area contributed by atoms with Gasteiger partial charge in [-0.3, -0.25) is 14.4 Å². The van der Waals surface area contributed by atoms with Gasteiger partial charge in [0.15, 0.2) is 0 Å². The number of carbonyl (C=O) groups excluding carboxylic acids is 1. The first-order valence-corrected chi connectivity index (χ1v) is 11.8. The molecular weight excluding hydrogens is 459 g/mol. The van der Waals surface area contributed by atoms with Crippen LogP contribution < -0.4 is 10.2 Å². The van der Waals surface area contributed by atoms with E-state index >= 15 is 0 Å². The summed E-state index contributed by atoms with van der Waals surface area (Å²) in [6.07, 6.45) is 1.61. The van der Waals surface area contributed by atoms with Gasteiger partial charge in [0, 0.05) is 50.2 Å². The molecule has 0 atom stereocenters. The Kier molecular flexibility index (Phi) is 7.53. The van der Waals surface area contributed by atoms with Crippen molar-refractivity contribution in [2.45, 2.75) is 26.9 Å². The fraction of sp³-hybridized carbons (Fsp3) is 0.375. The van der Waals surface area contributed by atoms with Gasteiger partial charge in [0.2, 0.25) is 5.91 Å². The van der Waals surface area contributed by atoms with Gasteiger partial charge in [-0.25, -0.2) is 4.98 Å². The highest BCUT2D eigenvalue weighted by Gasteiger charge is 2.22. The van der Waals surface area contributed by atoms with Crippen molar-refractivity contribution in [2.24, 2.45) is 0 Å². The number of rotatable bonds is 7. The third-order valence-corrected chi connectivity index (χ3v) is 6.48. The zero-order valence-electron chi connectivity index (χ0n) is 18.9. The van der Waals surface area contributed by atoms with E-state index in [-0.39, 0.29) is 5.91 Å². The molecule has 4 rings (SSSR count). The van der Waals surface area contributed by atoms with Gasteiger partial charge in [-0.05, 0) is 25.5 Å². The molecule has 1 amide bonds. The molecule has 1 N–H and O–H groups in total. The maximum Gasteiger partial charge on any atom is 0.234 e. The van der Waals surface area contributed by atoms with Crippen molar-refractivity contribution in [3.05, 3.63) is 75.2 Å². The Morgan fingerprint density at radius 2 is 1.82 bits per heavy atom. The Hall–Kier alpha value is -2.61. The predicted molar refractivity (Wildman–Crippen MR) is 132 cm³/mol. The molecule has 0 bridgehead atoms. The van der Waals surface area contributed by atoms with E-state index in [9.17, 15) is 4.79 Å². The topological polar surface area (TPSA) is 66.3 Å². The van der Waals surface area contributed by atoms with Crippen molar-refractivity contribution in [1.29, 1.82) is 0 Å². The van der Waals surface area contributed by atoms with Crippen LogP contribution in [0.15, 0.2) is 42.6 Å². The molecule has 0 spiro atoms. The van der Waals surface area contributed by atoms with Crippen LogP contribution in [0.25, 0.3) is 0 Å². The highest BCUT2D eigenvalue weighted by molar-refractivity contribution is 6.36. The van der Waals surface area contributed by atoms with Crippen LogP contribution in [0.5, 0.6) is 0 Å². The van der Waals surface area contributed by atoms with Crippen molar-refractivity contribution in [3.63, 3.8) is 0 Å². The van der Waals surface area contributed by atoms with Crippen molar-refractivity contribution in [1.82, 2.24) is 25.0 Å². The summed E-state index contributed by atoms with van der Waals surface area (Å²) in [5.41, 5.74) is 4.31. The minimum Gasteiger partial charge on any atom is -0.353 e. The summed E-state index contributed by atoms with van der Waals surface area (Å²) in [5, 5.41) is 8.81. The maximum absolute atomic E-state index is 12.6. The van der Waals surface area contributed by atoms with Gasteiger partial charge in [0.1, 0.15) is 5.82 Å². The van der Waals surface area contributed by atoms with Crippen LogP contribution >= 0.6 is 23.2 Å². The van der Waals surface area contributed by atoms with Crippen LogP contribution in [0, 0.1) is 13.8 Å². The molecular formula is C24H28Cl2N6O. The van der Waals surface area contributed by atoms with Crippen molar-refractivity contribution < 1.29 is 4.79 Å². The number of benzene rings is 1. The standard InChI is InChI=1S/C24H28Cl2N6O/c1-17-21(18(2)32(29-17)15-19-6-4-3-5-7-19)14-27-23(33)16-30-8-10-31(11-9-30)24-22(26)12-20(25)13-28-24/h3-7,12-13H,8-11,14-16H2,1-2H3,(H,27,33). The number of hydrogen-bond donors (Lipinski definition) is 1. The lowest BCUT2D eigenvalue weighted by Gasteiger charge is -2.35. The second-order valence-electron chi connectivity index (χ2n) is 8.29. The number of anilines is 1. The van der Waals surface area contributed by atoms with Crippen LogP contribution in [-0.4, -0.2) is 58.3 Å². The molecule has 174 valence electrons. The third kappa shape index (κ3) is 5.85. The summed E-state index contributed by atoms with van der Waals surface area (Å²) in [6.45, 7) is 8.66. The largest absolute Gasteiger partial charge is 0.353 e. The lowest BCUT2D eigenvalue weighted by molar-refractivity contribution is -0.122. The van der Waals surface area contributed by atoms with Crippen LogP contribution in [0.3, 0.4) is 0 Å². The van der Waals surface area contributed by atoms with E-state index < -0.39 is 0 Å². The molecule has 33 heavy (non-hydrogen) atoms. The summed E-state index contributed by atoms with van der Waals surface area (Å²) < 4.78 is 2.00. The molecule has 3 heterocycles. The molecule has 3 aromatic rings. The molecule has 1 saturated heterocycles. The molecule has 1 aromatic carbocycles. The minimum absolute atomic E-state index is 0.0145. The lowest BCUT2D eigenvalue weighted by atomic mass is 10.2. The van der Waals surface area contributed by atoms with Gasteiger partial charge in [-0.1, -0.05) is 53.5 Å². The number of piperazine rings is 1. The smallest absolute Gasteiger partial charge is 0.234 e. The average molecular weight is 487 g/mol. The Morgan fingerprint density at radius 3 is 2.52 bits per heavy atom. The zero-order chi connectivity index (χ0) is 23.4. The number of pyridine rings is 1. The van der Waals surface area contributed by atoms with Crippen LogP contribution in [0.1, 0.15) is 22.5 Å². The molecule has 0 aliphatic carbocycles. The summed E-state index contributed by atoms with van der Waals surface area (Å²) in [6, 6.07) is 12.0. The number of aromatic nitrogens is 3. The van der Waals surface area contributed by atoms with Crippen molar-refractivity contribution >= 4 is 34.9 Å². The van der Waals surface area contributed by atoms with Gasteiger partial charge in [-0.2, -0.15) is 5.10 Å². The molecule has 0 radical (unpaired) electrons. The summed E-state index contributed by atoms with van der Waals surface area (Å²) in [7, 11) is 0. The first-order valence-electron chi connectivity index (χ1n) is 11.0. The monoisotopic (exact) mass is 486 g/mol. The number of aryl methyl sites for hydroxylation is 1. The number of halogens is 2. The van der Waals surface area contributed by atoms with E-state index in [1.54, 1.807) is 12.3 Å². The second kappa shape index (κ2) is 10.5. The number of amides is 1. The Morgan fingerprint density at radius 1 is 1.09 bits per heavy atom. The molecule has 0 unspecified atom stereocenters. The second-order valence-corrected chi connectivity index (χ2v) is 9.14. The number of nitrogens with one attached hydrogen (secondary N) is 1. The average Bonchev–Trinajstić information content (AvgIpc) is 3.06. The Balaban J connectivity index is 1.27. The fourth-order valence-electron chi connectivity index (χ4n) is 4.10. The summed E-state index contributed by atoms with van der Waals surface area (Å²) in [4.78, 5) is 21.2. The zero-order valence-corrected chi connectivity index (χ0v) is 20.4. The van der Waals surface area contributed by atoms with E-state index in [0.29, 0.717) is 23.1 Å². The van der Waals surface area contributed by atoms with Gasteiger partial charge >= 0.3 is 0 Å². The first-order chi connectivity index (χ1) is 15.9. The Bertz CT molecular complexity index is 1110. The normalized spacial score (nSPS) is 14.5. The molecule has 1 aliphatic rings. The molecule has 7 nitrogen and oxygen atoms in total. The molecule has 2 aromatic heterocycles. The first kappa shape index (κ1) is 23.5. The van der Waals surface area contributed by atoms with Gasteiger partial charge in [0.25, 0.3) is 0 Å². The van der Waals surface area contributed by atoms with Crippen molar-refractivity contribution in [2.75, 3.05) is 37.6 Å². The summed E-state index contributed by atoms with van der Waals surface area (Å²) >= 11 is 12.2. The molecule has 9 heteroatoms. The number of nitrogens with zero attached hydrogens (tertiary/aromatic N) is 5. The van der Waals surface area contributed by atoms with Gasteiger partial charge in [-0.15, -0.1) is 0 Å². The fourth-order valence-corrected chi connectivity index (χ4v) is 4.60. The van der Waals surface area contributed by atoms with E-state index in [2.05, 4.69) is 44.3 Å². The summed E-state index contributed by atoms with van der Waals surface area (Å²) in [5.74, 6) is 0.754. The van der Waals surface area contributed by atoms with E-state index in [0.717, 1.165) is 55.5 Å². The predicted octanol–water partition coefficient (Wildman–Crippen LogP) is 3.69. The number of hydrogen-bond acceptors (Lipinski definition) is 5. The number of carbonyl (C=O) groups is 1. The van der Waals surface area contributed by atoms with Gasteiger partial charge in [0.05, 0.1) is 28.8 Å². The van der Waals surface area contributed by atoms with E-state index in [1.165, 1.54) is 5.56 Å². The van der Waals surface area contributed by atoms with Crippen molar-refractivity contribution in [3.8, 4) is 0 Å². The van der Waals surface area contributed by atoms with E-state index in [1.807, 2.05) is 29.8 Å². The maximum atomic E-state index is 12.6. The van der Waals surface area contributed by atoms with Gasteiger partial charge < -0.3 is 10.2 Å². The highest BCUT2D eigenvalue weighted by Crippen LogP contribution is 2.26. The van der Waals surface area contributed by atoms with Crippen LogP contribution in [0.4, 0.5) is 5.82 Å². The van der Waals surface area contributed by atoms with Crippen LogP contribution in [-0.2, 0) is 17.9 Å². The Labute approximate surface area is 204 Å². The minimum atomic E-state index is 0.0145. The van der Waals surface area contributed by atoms with E-state index in [4.69, 9.17) is 23.2 Å². The lowest BCUT2D eigenvalue weighted by Crippen LogP contribution is -2.49. The van der Waals surface area contributed by atoms with Crippen LogP contribution in [0.2, 0.25) is 10.0 Å².